The Hall–Kier alpha value is -2.73. The van der Waals surface area contributed by atoms with Gasteiger partial charge in [-0.2, -0.15) is 5.10 Å². The van der Waals surface area contributed by atoms with Gasteiger partial charge < -0.3 is 14.9 Å². The Morgan fingerprint density at radius 1 is 1.30 bits per heavy atom. The van der Waals surface area contributed by atoms with E-state index in [9.17, 15) is 9.90 Å². The van der Waals surface area contributed by atoms with Crippen LogP contribution in [0, 0.1) is 6.92 Å². The van der Waals surface area contributed by atoms with Gasteiger partial charge in [0.15, 0.2) is 6.61 Å². The van der Waals surface area contributed by atoms with Gasteiger partial charge in [0.2, 0.25) is 0 Å². The summed E-state index contributed by atoms with van der Waals surface area (Å²) in [5, 5.41) is 23.0. The highest BCUT2D eigenvalue weighted by atomic mass is 35.5. The molecule has 2 aromatic rings. The molecular weight excluding hydrogens is 320 g/mol. The maximum absolute atomic E-state index is 11.6. The van der Waals surface area contributed by atoms with Gasteiger partial charge in [-0.05, 0) is 42.8 Å². The molecule has 0 fully saturated rings. The Morgan fingerprint density at radius 2 is 2.09 bits per heavy atom. The molecule has 3 N–H and O–H groups in total. The minimum Gasteiger partial charge on any atom is -0.508 e. The third-order valence-electron chi connectivity index (χ3n) is 2.90. The maximum atomic E-state index is 11.6. The molecule has 120 valence electrons. The summed E-state index contributed by atoms with van der Waals surface area (Å²) < 4.78 is 5.37. The number of benzene rings is 2. The minimum atomic E-state index is -0.450. The number of ether oxygens (including phenoxy) is 1. The topological polar surface area (TPSA) is 91.2 Å². The van der Waals surface area contributed by atoms with Crippen LogP contribution >= 0.6 is 11.6 Å². The van der Waals surface area contributed by atoms with Crippen LogP contribution in [-0.4, -0.2) is 28.9 Å². The number of hydrazone groups is 1. The molecule has 0 saturated carbocycles. The van der Waals surface area contributed by atoms with Crippen LogP contribution < -0.4 is 10.2 Å². The summed E-state index contributed by atoms with van der Waals surface area (Å²) in [6.45, 7) is 1.62. The van der Waals surface area contributed by atoms with Crippen molar-refractivity contribution in [3.63, 3.8) is 0 Å². The Morgan fingerprint density at radius 3 is 2.78 bits per heavy atom. The fourth-order valence-corrected chi connectivity index (χ4v) is 1.99. The number of carbonyl (C=O) groups is 1. The summed E-state index contributed by atoms with van der Waals surface area (Å²) in [4.78, 5) is 11.6. The van der Waals surface area contributed by atoms with E-state index in [4.69, 9.17) is 21.4 Å². The predicted octanol–water partition coefficient (Wildman–Crippen LogP) is 2.59. The highest BCUT2D eigenvalue weighted by molar-refractivity contribution is 6.30. The number of hydrogen-bond donors (Lipinski definition) is 3. The first-order valence-electron chi connectivity index (χ1n) is 6.68. The van der Waals surface area contributed by atoms with Crippen molar-refractivity contribution in [3.8, 4) is 17.2 Å². The Balaban J connectivity index is 1.86. The molecule has 0 aliphatic heterocycles. The molecule has 2 rings (SSSR count). The zero-order valence-corrected chi connectivity index (χ0v) is 13.0. The van der Waals surface area contributed by atoms with Gasteiger partial charge in [-0.25, -0.2) is 5.43 Å². The van der Waals surface area contributed by atoms with E-state index in [2.05, 4.69) is 10.5 Å². The molecule has 0 radical (unpaired) electrons. The number of phenolic OH excluding ortho intramolecular Hbond substituents is 2. The smallest absolute Gasteiger partial charge is 0.277 e. The van der Waals surface area contributed by atoms with Gasteiger partial charge in [-0.3, -0.25) is 4.79 Å². The second-order valence-electron chi connectivity index (χ2n) is 4.73. The van der Waals surface area contributed by atoms with Crippen molar-refractivity contribution >= 4 is 23.7 Å². The van der Waals surface area contributed by atoms with E-state index in [0.717, 1.165) is 5.56 Å². The molecule has 0 aromatic heterocycles. The van der Waals surface area contributed by atoms with Gasteiger partial charge in [0, 0.05) is 16.7 Å². The first kappa shape index (κ1) is 16.6. The Bertz CT molecular complexity index is 747. The van der Waals surface area contributed by atoms with E-state index in [-0.39, 0.29) is 18.1 Å². The standard InChI is InChI=1S/C16H15ClN2O4/c1-10-6-12(17)3-5-15(10)23-9-16(22)19-18-8-11-2-4-13(20)7-14(11)21/h2-8,20-21H,9H2,1H3,(H,19,22). The summed E-state index contributed by atoms with van der Waals surface area (Å²) in [7, 11) is 0. The van der Waals surface area contributed by atoms with Crippen LogP contribution in [-0.2, 0) is 4.79 Å². The van der Waals surface area contributed by atoms with Crippen LogP contribution in [0.4, 0.5) is 0 Å². The normalized spacial score (nSPS) is 10.7. The number of carbonyl (C=O) groups excluding carboxylic acids is 1. The second kappa shape index (κ2) is 7.51. The number of hydrogen-bond acceptors (Lipinski definition) is 5. The van der Waals surface area contributed by atoms with Crippen molar-refractivity contribution in [2.75, 3.05) is 6.61 Å². The van der Waals surface area contributed by atoms with Crippen molar-refractivity contribution in [2.45, 2.75) is 6.92 Å². The van der Waals surface area contributed by atoms with E-state index in [1.54, 1.807) is 18.2 Å². The first-order chi connectivity index (χ1) is 11.0. The van der Waals surface area contributed by atoms with Crippen molar-refractivity contribution in [2.24, 2.45) is 5.10 Å². The van der Waals surface area contributed by atoms with Crippen LogP contribution in [0.5, 0.6) is 17.2 Å². The molecule has 0 heterocycles. The van der Waals surface area contributed by atoms with Gasteiger partial charge >= 0.3 is 0 Å². The molecule has 2 aromatic carbocycles. The number of rotatable bonds is 5. The molecule has 0 unspecified atom stereocenters. The zero-order chi connectivity index (χ0) is 16.8. The van der Waals surface area contributed by atoms with Gasteiger partial charge in [0.05, 0.1) is 6.21 Å². The lowest BCUT2D eigenvalue weighted by atomic mass is 10.2. The number of aryl methyl sites for hydroxylation is 1. The van der Waals surface area contributed by atoms with E-state index >= 15 is 0 Å². The Kier molecular flexibility index (Phi) is 5.43. The average molecular weight is 335 g/mol. The molecular formula is C16H15ClN2O4. The molecule has 0 atom stereocenters. The van der Waals surface area contributed by atoms with Crippen LogP contribution in [0.15, 0.2) is 41.5 Å². The molecule has 0 aliphatic carbocycles. The van der Waals surface area contributed by atoms with Crippen LogP contribution in [0.3, 0.4) is 0 Å². The molecule has 0 spiro atoms. The fourth-order valence-electron chi connectivity index (χ4n) is 1.77. The molecule has 0 aliphatic rings. The van der Waals surface area contributed by atoms with E-state index in [1.807, 2.05) is 6.92 Å². The molecule has 0 bridgehead atoms. The first-order valence-corrected chi connectivity index (χ1v) is 7.06. The monoisotopic (exact) mass is 334 g/mol. The summed E-state index contributed by atoms with van der Waals surface area (Å²) in [5.74, 6) is -0.0926. The fraction of sp³-hybridized carbons (Fsp3) is 0.125. The molecule has 23 heavy (non-hydrogen) atoms. The summed E-state index contributed by atoms with van der Waals surface area (Å²) in [6, 6.07) is 9.13. The predicted molar refractivity (Wildman–Crippen MR) is 87.2 cm³/mol. The molecule has 1 amide bonds. The van der Waals surface area contributed by atoms with Crippen molar-refractivity contribution in [1.82, 2.24) is 5.43 Å². The summed E-state index contributed by atoms with van der Waals surface area (Å²) in [5.41, 5.74) is 3.46. The third kappa shape index (κ3) is 4.89. The van der Waals surface area contributed by atoms with Gasteiger partial charge in [0.25, 0.3) is 5.91 Å². The quantitative estimate of drug-likeness (QED) is 0.579. The molecule has 7 heteroatoms. The maximum Gasteiger partial charge on any atom is 0.277 e. The van der Waals surface area contributed by atoms with E-state index in [1.165, 1.54) is 24.4 Å². The Labute approximate surface area is 138 Å². The lowest BCUT2D eigenvalue weighted by Gasteiger charge is -2.08. The lowest BCUT2D eigenvalue weighted by Crippen LogP contribution is -2.24. The second-order valence-corrected chi connectivity index (χ2v) is 5.17. The van der Waals surface area contributed by atoms with E-state index in [0.29, 0.717) is 16.3 Å². The van der Waals surface area contributed by atoms with E-state index < -0.39 is 5.91 Å². The van der Waals surface area contributed by atoms with Crippen LogP contribution in [0.25, 0.3) is 0 Å². The lowest BCUT2D eigenvalue weighted by molar-refractivity contribution is -0.123. The number of nitrogens with one attached hydrogen (secondary N) is 1. The van der Waals surface area contributed by atoms with Crippen molar-refractivity contribution < 1.29 is 19.7 Å². The number of halogens is 1. The largest absolute Gasteiger partial charge is 0.508 e. The number of amides is 1. The van der Waals surface area contributed by atoms with Crippen molar-refractivity contribution in [3.05, 3.63) is 52.5 Å². The number of aromatic hydroxyl groups is 2. The van der Waals surface area contributed by atoms with Gasteiger partial charge in [0.1, 0.15) is 17.2 Å². The number of phenols is 2. The SMILES string of the molecule is Cc1cc(Cl)ccc1OCC(=O)NN=Cc1ccc(O)cc1O. The van der Waals surface area contributed by atoms with Crippen molar-refractivity contribution in [1.29, 1.82) is 0 Å². The van der Waals surface area contributed by atoms with Crippen LogP contribution in [0.1, 0.15) is 11.1 Å². The average Bonchev–Trinajstić information content (AvgIpc) is 2.48. The third-order valence-corrected chi connectivity index (χ3v) is 3.14. The molecule has 6 nitrogen and oxygen atoms in total. The summed E-state index contributed by atoms with van der Waals surface area (Å²) >= 11 is 5.84. The van der Waals surface area contributed by atoms with Gasteiger partial charge in [-0.15, -0.1) is 0 Å². The van der Waals surface area contributed by atoms with Crippen LogP contribution in [0.2, 0.25) is 5.02 Å². The molecule has 0 saturated heterocycles. The highest BCUT2D eigenvalue weighted by Gasteiger charge is 2.05. The zero-order valence-electron chi connectivity index (χ0n) is 12.3. The summed E-state index contributed by atoms with van der Waals surface area (Å²) in [6.07, 6.45) is 1.26. The number of nitrogens with zero attached hydrogens (tertiary/aromatic N) is 1. The minimum absolute atomic E-state index is 0.0598. The van der Waals surface area contributed by atoms with Gasteiger partial charge in [-0.1, -0.05) is 11.6 Å². The highest BCUT2D eigenvalue weighted by Crippen LogP contribution is 2.22.